The van der Waals surface area contributed by atoms with Crippen LogP contribution >= 0.6 is 24.0 Å². The third-order valence-electron chi connectivity index (χ3n) is 5.39. The van der Waals surface area contributed by atoms with E-state index >= 15 is 0 Å². The number of piperidine rings is 1. The van der Waals surface area contributed by atoms with Crippen LogP contribution in [0.4, 0.5) is 0 Å². The molecule has 7 heteroatoms. The fourth-order valence-corrected chi connectivity index (χ4v) is 3.44. The lowest BCUT2D eigenvalue weighted by molar-refractivity contribution is -0.127. The molecule has 6 nitrogen and oxygen atoms in total. The zero-order valence-corrected chi connectivity index (χ0v) is 21.6. The fraction of sp³-hybridized carbons (Fsp3) is 0.818. The molecular weight excluding hydrogens is 477 g/mol. The molecule has 1 saturated heterocycles. The van der Waals surface area contributed by atoms with Crippen molar-refractivity contribution < 1.29 is 4.79 Å². The van der Waals surface area contributed by atoms with Crippen LogP contribution in [-0.2, 0) is 4.79 Å². The van der Waals surface area contributed by atoms with E-state index in [2.05, 4.69) is 47.9 Å². The highest BCUT2D eigenvalue weighted by atomic mass is 127. The molecule has 0 aromatic carbocycles. The van der Waals surface area contributed by atoms with Gasteiger partial charge in [-0.1, -0.05) is 45.3 Å². The van der Waals surface area contributed by atoms with Crippen LogP contribution in [0.1, 0.15) is 59.3 Å². The minimum atomic E-state index is 0. The summed E-state index contributed by atoms with van der Waals surface area (Å²) < 4.78 is 0. The zero-order valence-electron chi connectivity index (χ0n) is 19.3. The number of unbranched alkanes of at least 4 members (excludes halogenated alkanes) is 1. The number of guanidine groups is 1. The standard InChI is InChI=1S/C22H43N5O.HI/c1-7-9-10-19(8-2)15-23-22(24-16-21(28)26(5)6)25-20-11-13-27(14-12-20)17-18(3)4;/h19-20H,3,7-17H2,1-2,4-6H3,(H2,23,24,25);1H. The molecule has 1 heterocycles. The van der Waals surface area contributed by atoms with Crippen molar-refractivity contribution in [3.8, 4) is 0 Å². The van der Waals surface area contributed by atoms with Crippen molar-refractivity contribution >= 4 is 35.8 Å². The Kier molecular flexibility index (Phi) is 15.5. The molecular formula is C22H44IN5O. The van der Waals surface area contributed by atoms with E-state index in [1.807, 2.05) is 0 Å². The molecule has 0 bridgehead atoms. The Labute approximate surface area is 196 Å². The maximum atomic E-state index is 12.0. The number of rotatable bonds is 11. The number of hydrogen-bond donors (Lipinski definition) is 2. The molecule has 1 fully saturated rings. The lowest BCUT2D eigenvalue weighted by Gasteiger charge is -2.33. The normalized spacial score (nSPS) is 16.7. The number of halogens is 1. The molecule has 1 aliphatic rings. The molecule has 0 saturated carbocycles. The SMILES string of the molecule is C=C(C)CN1CCC(NC(=NCC(=O)N(C)C)NCC(CC)CCCC)CC1.I. The average Bonchev–Trinajstić information content (AvgIpc) is 2.66. The van der Waals surface area contributed by atoms with Gasteiger partial charge >= 0.3 is 0 Å². The molecule has 0 spiro atoms. The average molecular weight is 522 g/mol. The predicted octanol–water partition coefficient (Wildman–Crippen LogP) is 3.48. The maximum absolute atomic E-state index is 12.0. The van der Waals surface area contributed by atoms with E-state index in [-0.39, 0.29) is 36.4 Å². The number of nitrogens with one attached hydrogen (secondary N) is 2. The van der Waals surface area contributed by atoms with Crippen molar-refractivity contribution in [2.24, 2.45) is 10.9 Å². The molecule has 1 aliphatic heterocycles. The zero-order chi connectivity index (χ0) is 20.9. The van der Waals surface area contributed by atoms with Crippen LogP contribution in [0.2, 0.25) is 0 Å². The summed E-state index contributed by atoms with van der Waals surface area (Å²) in [5.41, 5.74) is 1.22. The highest BCUT2D eigenvalue weighted by Gasteiger charge is 2.20. The number of likely N-dealkylation sites (N-methyl/N-ethyl adjacent to an activating group) is 1. The summed E-state index contributed by atoms with van der Waals surface area (Å²) in [6.07, 6.45) is 7.07. The van der Waals surface area contributed by atoms with Gasteiger partial charge in [-0.2, -0.15) is 0 Å². The fourth-order valence-electron chi connectivity index (χ4n) is 3.44. The maximum Gasteiger partial charge on any atom is 0.243 e. The summed E-state index contributed by atoms with van der Waals surface area (Å²) in [4.78, 5) is 20.6. The number of aliphatic imine (C=N–C) groups is 1. The van der Waals surface area contributed by atoms with Crippen LogP contribution < -0.4 is 10.6 Å². The minimum Gasteiger partial charge on any atom is -0.356 e. The Morgan fingerprint density at radius 2 is 1.93 bits per heavy atom. The first-order valence-corrected chi connectivity index (χ1v) is 11.0. The monoisotopic (exact) mass is 521 g/mol. The Morgan fingerprint density at radius 3 is 2.45 bits per heavy atom. The van der Waals surface area contributed by atoms with Gasteiger partial charge in [-0.15, -0.1) is 24.0 Å². The van der Waals surface area contributed by atoms with E-state index in [0.717, 1.165) is 51.4 Å². The Balaban J connectivity index is 0.00000784. The van der Waals surface area contributed by atoms with E-state index in [1.165, 1.54) is 24.8 Å². The summed E-state index contributed by atoms with van der Waals surface area (Å²) in [6.45, 7) is 14.8. The third kappa shape index (κ3) is 12.5. The van der Waals surface area contributed by atoms with Gasteiger partial charge in [0, 0.05) is 46.3 Å². The topological polar surface area (TPSA) is 60.0 Å². The molecule has 0 aromatic rings. The number of carbonyl (C=O) groups is 1. The molecule has 2 N–H and O–H groups in total. The quantitative estimate of drug-likeness (QED) is 0.189. The van der Waals surface area contributed by atoms with Crippen molar-refractivity contribution in [1.82, 2.24) is 20.4 Å². The minimum absolute atomic E-state index is 0. The van der Waals surface area contributed by atoms with Crippen molar-refractivity contribution in [1.29, 1.82) is 0 Å². The van der Waals surface area contributed by atoms with Gasteiger partial charge in [0.15, 0.2) is 5.96 Å². The summed E-state index contributed by atoms with van der Waals surface area (Å²) in [5.74, 6) is 1.45. The Bertz CT molecular complexity index is 501. The van der Waals surface area contributed by atoms with Gasteiger partial charge < -0.3 is 15.5 Å². The highest BCUT2D eigenvalue weighted by molar-refractivity contribution is 14.0. The predicted molar refractivity (Wildman–Crippen MR) is 135 cm³/mol. The Hall–Kier alpha value is -0.830. The number of amides is 1. The smallest absolute Gasteiger partial charge is 0.243 e. The molecule has 170 valence electrons. The summed E-state index contributed by atoms with van der Waals surface area (Å²) >= 11 is 0. The lowest BCUT2D eigenvalue weighted by Crippen LogP contribution is -2.49. The third-order valence-corrected chi connectivity index (χ3v) is 5.39. The van der Waals surface area contributed by atoms with Crippen LogP contribution in [-0.4, -0.2) is 74.5 Å². The first kappa shape index (κ1) is 28.2. The second kappa shape index (κ2) is 15.9. The molecule has 0 aliphatic carbocycles. The number of carbonyl (C=O) groups excluding carboxylic acids is 1. The molecule has 0 radical (unpaired) electrons. The number of nitrogens with zero attached hydrogens (tertiary/aromatic N) is 3. The van der Waals surface area contributed by atoms with Gasteiger partial charge in [0.2, 0.25) is 5.91 Å². The summed E-state index contributed by atoms with van der Waals surface area (Å²) in [5, 5.41) is 7.08. The van der Waals surface area contributed by atoms with Crippen LogP contribution in [0.25, 0.3) is 0 Å². The van der Waals surface area contributed by atoms with Crippen LogP contribution in [0, 0.1) is 5.92 Å². The highest BCUT2D eigenvalue weighted by Crippen LogP contribution is 2.13. The molecule has 29 heavy (non-hydrogen) atoms. The molecule has 1 atom stereocenters. The van der Waals surface area contributed by atoms with Crippen molar-refractivity contribution in [3.63, 3.8) is 0 Å². The second-order valence-electron chi connectivity index (χ2n) is 8.40. The van der Waals surface area contributed by atoms with Crippen LogP contribution in [0.3, 0.4) is 0 Å². The van der Waals surface area contributed by atoms with E-state index < -0.39 is 0 Å². The van der Waals surface area contributed by atoms with Crippen molar-refractivity contribution in [2.45, 2.75) is 65.3 Å². The van der Waals surface area contributed by atoms with Gasteiger partial charge in [0.05, 0.1) is 0 Å². The van der Waals surface area contributed by atoms with Gasteiger partial charge in [-0.25, -0.2) is 4.99 Å². The first-order valence-electron chi connectivity index (χ1n) is 11.0. The second-order valence-corrected chi connectivity index (χ2v) is 8.40. The number of hydrogen-bond acceptors (Lipinski definition) is 3. The van der Waals surface area contributed by atoms with E-state index in [4.69, 9.17) is 0 Å². The molecule has 1 unspecified atom stereocenters. The lowest BCUT2D eigenvalue weighted by atomic mass is 9.99. The van der Waals surface area contributed by atoms with E-state index in [1.54, 1.807) is 19.0 Å². The largest absolute Gasteiger partial charge is 0.356 e. The van der Waals surface area contributed by atoms with Gasteiger partial charge in [-0.05, 0) is 32.1 Å². The first-order chi connectivity index (χ1) is 13.3. The van der Waals surface area contributed by atoms with Crippen LogP contribution in [0.15, 0.2) is 17.1 Å². The van der Waals surface area contributed by atoms with Crippen molar-refractivity contribution in [2.75, 3.05) is 46.8 Å². The number of likely N-dealkylation sites (tertiary alicyclic amines) is 1. The van der Waals surface area contributed by atoms with E-state index in [0.29, 0.717) is 12.0 Å². The van der Waals surface area contributed by atoms with E-state index in [9.17, 15) is 4.79 Å². The van der Waals surface area contributed by atoms with Crippen LogP contribution in [0.5, 0.6) is 0 Å². The molecule has 1 amide bonds. The Morgan fingerprint density at radius 1 is 1.28 bits per heavy atom. The van der Waals surface area contributed by atoms with Crippen molar-refractivity contribution in [3.05, 3.63) is 12.2 Å². The van der Waals surface area contributed by atoms with Gasteiger partial charge in [-0.3, -0.25) is 9.69 Å². The van der Waals surface area contributed by atoms with Gasteiger partial charge in [0.25, 0.3) is 0 Å². The summed E-state index contributed by atoms with van der Waals surface area (Å²) in [7, 11) is 3.54. The molecule has 0 aromatic heterocycles. The summed E-state index contributed by atoms with van der Waals surface area (Å²) in [6, 6.07) is 0.401. The van der Waals surface area contributed by atoms with Gasteiger partial charge in [0.1, 0.15) is 6.54 Å². The molecule has 1 rings (SSSR count).